The van der Waals surface area contributed by atoms with E-state index in [1.54, 1.807) is 31.5 Å². The van der Waals surface area contributed by atoms with Crippen LogP contribution in [0.15, 0.2) is 36.7 Å². The first kappa shape index (κ1) is 13.3. The van der Waals surface area contributed by atoms with Gasteiger partial charge in [-0.05, 0) is 18.6 Å². The summed E-state index contributed by atoms with van der Waals surface area (Å²) >= 11 is 5.98. The molecule has 98 valence electrons. The number of nitro groups is 1. The van der Waals surface area contributed by atoms with Crippen LogP contribution in [0.5, 0.6) is 0 Å². The number of anilines is 1. The molecule has 5 nitrogen and oxygen atoms in total. The molecule has 0 unspecified atom stereocenters. The first-order chi connectivity index (χ1) is 9.09. The number of nitrogens with one attached hydrogen (secondary N) is 1. The van der Waals surface area contributed by atoms with Crippen LogP contribution in [0.2, 0.25) is 5.02 Å². The fraction of sp³-hybridized carbons (Fsp3) is 0.154. The summed E-state index contributed by atoms with van der Waals surface area (Å²) in [6, 6.07) is 6.79. The summed E-state index contributed by atoms with van der Waals surface area (Å²) in [5.41, 5.74) is 2.40. The third-order valence-electron chi connectivity index (χ3n) is 2.86. The number of hydrogen-bond donors (Lipinski definition) is 1. The van der Waals surface area contributed by atoms with Gasteiger partial charge in [-0.2, -0.15) is 0 Å². The van der Waals surface area contributed by atoms with Gasteiger partial charge in [0.1, 0.15) is 0 Å². The Hall–Kier alpha value is -2.14. The third kappa shape index (κ3) is 3.00. The summed E-state index contributed by atoms with van der Waals surface area (Å²) < 4.78 is 0. The van der Waals surface area contributed by atoms with E-state index in [2.05, 4.69) is 10.3 Å². The van der Waals surface area contributed by atoms with E-state index in [4.69, 9.17) is 11.6 Å². The molecule has 0 fully saturated rings. The number of nitro benzene ring substituents is 1. The normalized spacial score (nSPS) is 10.2. The topological polar surface area (TPSA) is 68.1 Å². The number of rotatable bonds is 4. The lowest BCUT2D eigenvalue weighted by molar-refractivity contribution is -0.385. The Morgan fingerprint density at radius 3 is 2.89 bits per heavy atom. The van der Waals surface area contributed by atoms with Crippen LogP contribution in [0, 0.1) is 17.0 Å². The summed E-state index contributed by atoms with van der Waals surface area (Å²) in [5, 5.41) is 14.5. The van der Waals surface area contributed by atoms with Gasteiger partial charge in [0.25, 0.3) is 5.69 Å². The van der Waals surface area contributed by atoms with Crippen molar-refractivity contribution in [2.75, 3.05) is 5.32 Å². The monoisotopic (exact) mass is 277 g/mol. The number of pyridine rings is 1. The van der Waals surface area contributed by atoms with Gasteiger partial charge in [0.15, 0.2) is 0 Å². The van der Waals surface area contributed by atoms with Crippen molar-refractivity contribution in [3.63, 3.8) is 0 Å². The number of halogens is 1. The molecule has 0 bridgehead atoms. The minimum atomic E-state index is -0.377. The molecule has 0 amide bonds. The maximum absolute atomic E-state index is 10.9. The van der Waals surface area contributed by atoms with Crippen molar-refractivity contribution in [1.82, 2.24) is 4.98 Å². The molecular formula is C13H12ClN3O2. The van der Waals surface area contributed by atoms with E-state index in [-0.39, 0.29) is 10.6 Å². The van der Waals surface area contributed by atoms with E-state index in [9.17, 15) is 10.1 Å². The van der Waals surface area contributed by atoms with Crippen molar-refractivity contribution >= 4 is 23.0 Å². The number of aromatic nitrogens is 1. The highest BCUT2D eigenvalue weighted by molar-refractivity contribution is 6.33. The Bertz CT molecular complexity index is 617. The molecule has 6 heteroatoms. The fourth-order valence-corrected chi connectivity index (χ4v) is 1.95. The van der Waals surface area contributed by atoms with E-state index in [0.29, 0.717) is 17.1 Å². The van der Waals surface area contributed by atoms with Gasteiger partial charge in [0.05, 0.1) is 15.6 Å². The highest BCUT2D eigenvalue weighted by Crippen LogP contribution is 2.24. The molecule has 0 radical (unpaired) electrons. The van der Waals surface area contributed by atoms with Gasteiger partial charge in [-0.15, -0.1) is 0 Å². The first-order valence-electron chi connectivity index (χ1n) is 5.66. The quantitative estimate of drug-likeness (QED) is 0.685. The maximum Gasteiger partial charge on any atom is 0.272 e. The Kier molecular flexibility index (Phi) is 3.97. The smallest absolute Gasteiger partial charge is 0.272 e. The zero-order valence-electron chi connectivity index (χ0n) is 10.3. The molecule has 1 aromatic heterocycles. The molecule has 0 aliphatic rings. The molecule has 1 heterocycles. The van der Waals surface area contributed by atoms with Crippen molar-refractivity contribution in [2.24, 2.45) is 0 Å². The van der Waals surface area contributed by atoms with E-state index < -0.39 is 0 Å². The summed E-state index contributed by atoms with van der Waals surface area (Å²) in [5.74, 6) is 0. The fourth-order valence-electron chi connectivity index (χ4n) is 1.77. The zero-order valence-corrected chi connectivity index (χ0v) is 11.0. The van der Waals surface area contributed by atoms with Crippen LogP contribution in [0.4, 0.5) is 11.4 Å². The van der Waals surface area contributed by atoms with E-state index >= 15 is 0 Å². The molecule has 0 spiro atoms. The van der Waals surface area contributed by atoms with Crippen LogP contribution in [0.1, 0.15) is 11.1 Å². The van der Waals surface area contributed by atoms with Crippen LogP contribution < -0.4 is 5.32 Å². The summed E-state index contributed by atoms with van der Waals surface area (Å²) in [4.78, 5) is 14.4. The zero-order chi connectivity index (χ0) is 13.8. The molecule has 19 heavy (non-hydrogen) atoms. The van der Waals surface area contributed by atoms with Crippen LogP contribution in [0.25, 0.3) is 0 Å². The van der Waals surface area contributed by atoms with Gasteiger partial charge in [-0.3, -0.25) is 15.1 Å². The molecule has 0 aliphatic carbocycles. The SMILES string of the molecule is Cc1c(CNc2ccncc2Cl)cccc1[N+](=O)[O-]. The number of benzene rings is 1. The molecule has 1 aromatic carbocycles. The molecule has 0 saturated heterocycles. The van der Waals surface area contributed by atoms with Crippen molar-refractivity contribution in [3.05, 3.63) is 62.9 Å². The Balaban J connectivity index is 2.19. The molecular weight excluding hydrogens is 266 g/mol. The minimum Gasteiger partial charge on any atom is -0.380 e. The lowest BCUT2D eigenvalue weighted by atomic mass is 10.1. The van der Waals surface area contributed by atoms with Crippen molar-refractivity contribution in [1.29, 1.82) is 0 Å². The molecule has 2 aromatic rings. The van der Waals surface area contributed by atoms with Gasteiger partial charge < -0.3 is 5.32 Å². The third-order valence-corrected chi connectivity index (χ3v) is 3.16. The van der Waals surface area contributed by atoms with Gasteiger partial charge in [-0.1, -0.05) is 23.7 Å². The predicted octanol–water partition coefficient (Wildman–Crippen LogP) is 3.56. The van der Waals surface area contributed by atoms with Gasteiger partial charge in [0, 0.05) is 30.6 Å². The van der Waals surface area contributed by atoms with Gasteiger partial charge >= 0.3 is 0 Å². The van der Waals surface area contributed by atoms with Crippen molar-refractivity contribution < 1.29 is 4.92 Å². The summed E-state index contributed by atoms with van der Waals surface area (Å²) in [6.07, 6.45) is 3.18. The van der Waals surface area contributed by atoms with E-state index in [1.807, 2.05) is 6.07 Å². The van der Waals surface area contributed by atoms with Gasteiger partial charge in [-0.25, -0.2) is 0 Å². The molecule has 0 aliphatic heterocycles. The lowest BCUT2D eigenvalue weighted by Crippen LogP contribution is -2.03. The largest absolute Gasteiger partial charge is 0.380 e. The van der Waals surface area contributed by atoms with E-state index in [0.717, 1.165) is 11.3 Å². The highest BCUT2D eigenvalue weighted by Gasteiger charge is 2.12. The lowest BCUT2D eigenvalue weighted by Gasteiger charge is -2.10. The average molecular weight is 278 g/mol. The predicted molar refractivity (Wildman–Crippen MR) is 74.4 cm³/mol. The van der Waals surface area contributed by atoms with E-state index in [1.165, 1.54) is 6.07 Å². The highest BCUT2D eigenvalue weighted by atomic mass is 35.5. The second kappa shape index (κ2) is 5.67. The Morgan fingerprint density at radius 1 is 1.42 bits per heavy atom. The number of hydrogen-bond acceptors (Lipinski definition) is 4. The molecule has 0 saturated carbocycles. The second-order valence-electron chi connectivity index (χ2n) is 4.03. The van der Waals surface area contributed by atoms with Crippen LogP contribution in [0.3, 0.4) is 0 Å². The molecule has 1 N–H and O–H groups in total. The van der Waals surface area contributed by atoms with Crippen LogP contribution >= 0.6 is 11.6 Å². The molecule has 0 atom stereocenters. The second-order valence-corrected chi connectivity index (χ2v) is 4.43. The summed E-state index contributed by atoms with van der Waals surface area (Å²) in [7, 11) is 0. The molecule has 2 rings (SSSR count). The average Bonchev–Trinajstić information content (AvgIpc) is 2.39. The standard InChI is InChI=1S/C13H12ClN3O2/c1-9-10(3-2-4-13(9)17(18)19)7-16-12-5-6-15-8-11(12)14/h2-6,8H,7H2,1H3,(H,15,16). The van der Waals surface area contributed by atoms with Crippen LogP contribution in [-0.4, -0.2) is 9.91 Å². The Morgan fingerprint density at radius 2 is 2.21 bits per heavy atom. The van der Waals surface area contributed by atoms with Crippen molar-refractivity contribution in [3.8, 4) is 0 Å². The maximum atomic E-state index is 10.9. The van der Waals surface area contributed by atoms with Crippen LogP contribution in [-0.2, 0) is 6.54 Å². The van der Waals surface area contributed by atoms with Gasteiger partial charge in [0.2, 0.25) is 0 Å². The minimum absolute atomic E-state index is 0.125. The van der Waals surface area contributed by atoms with Crippen molar-refractivity contribution in [2.45, 2.75) is 13.5 Å². The number of nitrogens with zero attached hydrogens (tertiary/aromatic N) is 2. The first-order valence-corrected chi connectivity index (χ1v) is 6.03. The Labute approximate surface area is 115 Å². The summed E-state index contributed by atoms with van der Waals surface area (Å²) in [6.45, 7) is 2.21.